The van der Waals surface area contributed by atoms with E-state index in [1.165, 1.54) is 14.0 Å². The average Bonchev–Trinajstić information content (AvgIpc) is 2.05. The van der Waals surface area contributed by atoms with Crippen LogP contribution in [0.5, 0.6) is 0 Å². The Morgan fingerprint density at radius 3 is 2.25 bits per heavy atom. The molecule has 1 unspecified atom stereocenters. The molecule has 0 aliphatic rings. The molecule has 1 atom stereocenters. The molecule has 12 heavy (non-hydrogen) atoms. The zero-order valence-electron chi connectivity index (χ0n) is 8.05. The third-order valence-electron chi connectivity index (χ3n) is 1.46. The lowest BCUT2D eigenvalue weighted by Crippen LogP contribution is -2.41. The van der Waals surface area contributed by atoms with Crippen LogP contribution in [-0.4, -0.2) is 32.1 Å². The van der Waals surface area contributed by atoms with Crippen molar-refractivity contribution < 1.29 is 19.0 Å². The number of hydrogen-bond donors (Lipinski definition) is 0. The molecule has 0 aliphatic heterocycles. The Morgan fingerprint density at radius 2 is 1.92 bits per heavy atom. The molecule has 0 saturated heterocycles. The number of esters is 1. The first kappa shape index (κ1) is 11.4. The highest BCUT2D eigenvalue weighted by molar-refractivity contribution is 5.77. The van der Waals surface area contributed by atoms with Gasteiger partial charge in [-0.2, -0.15) is 0 Å². The quantitative estimate of drug-likeness (QED) is 0.462. The standard InChI is InChI=1S/C8H16O4/c1-5-11-7(9)8(3,10-4)12-6-2/h5-6H2,1-4H3. The van der Waals surface area contributed by atoms with Crippen LogP contribution in [0.15, 0.2) is 0 Å². The van der Waals surface area contributed by atoms with Gasteiger partial charge in [0.15, 0.2) is 0 Å². The van der Waals surface area contributed by atoms with Gasteiger partial charge in [-0.1, -0.05) is 0 Å². The van der Waals surface area contributed by atoms with Gasteiger partial charge in [0, 0.05) is 20.6 Å². The van der Waals surface area contributed by atoms with E-state index in [1.54, 1.807) is 13.8 Å². The zero-order valence-corrected chi connectivity index (χ0v) is 8.05. The van der Waals surface area contributed by atoms with Crippen LogP contribution >= 0.6 is 0 Å². The van der Waals surface area contributed by atoms with Gasteiger partial charge >= 0.3 is 5.97 Å². The summed E-state index contributed by atoms with van der Waals surface area (Å²) < 4.78 is 14.8. The van der Waals surface area contributed by atoms with E-state index < -0.39 is 11.8 Å². The predicted octanol–water partition coefficient (Wildman–Crippen LogP) is 0.949. The van der Waals surface area contributed by atoms with Crippen molar-refractivity contribution in [1.29, 1.82) is 0 Å². The summed E-state index contributed by atoms with van der Waals surface area (Å²) in [5, 5.41) is 0. The van der Waals surface area contributed by atoms with Crippen molar-refractivity contribution in [2.75, 3.05) is 20.3 Å². The molecule has 0 rings (SSSR count). The summed E-state index contributed by atoms with van der Waals surface area (Å²) in [5.41, 5.74) is 0. The molecular weight excluding hydrogens is 160 g/mol. The van der Waals surface area contributed by atoms with E-state index in [0.29, 0.717) is 13.2 Å². The van der Waals surface area contributed by atoms with Crippen LogP contribution in [0.2, 0.25) is 0 Å². The lowest BCUT2D eigenvalue weighted by atomic mass is 10.3. The second kappa shape index (κ2) is 5.11. The Kier molecular flexibility index (Phi) is 4.85. The maximum Gasteiger partial charge on any atom is 0.366 e. The maximum absolute atomic E-state index is 11.2. The lowest BCUT2D eigenvalue weighted by Gasteiger charge is -2.24. The normalized spacial score (nSPS) is 15.3. The van der Waals surface area contributed by atoms with Gasteiger partial charge in [-0.3, -0.25) is 0 Å². The lowest BCUT2D eigenvalue weighted by molar-refractivity contribution is -0.229. The van der Waals surface area contributed by atoms with E-state index in [2.05, 4.69) is 0 Å². The van der Waals surface area contributed by atoms with Gasteiger partial charge in [-0.15, -0.1) is 0 Å². The molecule has 0 aliphatic carbocycles. The monoisotopic (exact) mass is 176 g/mol. The van der Waals surface area contributed by atoms with Crippen LogP contribution in [0.1, 0.15) is 20.8 Å². The van der Waals surface area contributed by atoms with Gasteiger partial charge in [0.25, 0.3) is 5.79 Å². The Bertz CT molecular complexity index is 146. The molecule has 0 N–H and O–H groups in total. The molecule has 0 radical (unpaired) electrons. The average molecular weight is 176 g/mol. The highest BCUT2D eigenvalue weighted by Gasteiger charge is 2.35. The second-order valence-electron chi connectivity index (χ2n) is 2.30. The van der Waals surface area contributed by atoms with Crippen molar-refractivity contribution in [2.45, 2.75) is 26.6 Å². The summed E-state index contributed by atoms with van der Waals surface area (Å²) in [4.78, 5) is 11.2. The first-order valence-electron chi connectivity index (χ1n) is 3.97. The molecule has 0 aromatic carbocycles. The molecule has 0 spiro atoms. The topological polar surface area (TPSA) is 44.8 Å². The highest BCUT2D eigenvalue weighted by Crippen LogP contribution is 2.12. The van der Waals surface area contributed by atoms with Crippen molar-refractivity contribution in [2.24, 2.45) is 0 Å². The number of ether oxygens (including phenoxy) is 3. The first-order chi connectivity index (χ1) is 5.60. The van der Waals surface area contributed by atoms with Crippen LogP contribution in [0.25, 0.3) is 0 Å². The van der Waals surface area contributed by atoms with E-state index in [-0.39, 0.29) is 0 Å². The van der Waals surface area contributed by atoms with Crippen LogP contribution in [0, 0.1) is 0 Å². The number of carbonyl (C=O) groups excluding carboxylic acids is 1. The van der Waals surface area contributed by atoms with Crippen LogP contribution in [-0.2, 0) is 19.0 Å². The van der Waals surface area contributed by atoms with Gasteiger partial charge in [-0.25, -0.2) is 4.79 Å². The fraction of sp³-hybridized carbons (Fsp3) is 0.875. The fourth-order valence-corrected chi connectivity index (χ4v) is 0.739. The van der Waals surface area contributed by atoms with Crippen molar-refractivity contribution >= 4 is 5.97 Å². The molecule has 0 saturated carbocycles. The SMILES string of the molecule is CCOC(=O)C(C)(OC)OCC. The van der Waals surface area contributed by atoms with Crippen molar-refractivity contribution in [3.8, 4) is 0 Å². The van der Waals surface area contributed by atoms with Gasteiger partial charge in [0.05, 0.1) is 6.61 Å². The van der Waals surface area contributed by atoms with Crippen molar-refractivity contribution in [1.82, 2.24) is 0 Å². The number of carbonyl (C=O) groups is 1. The van der Waals surface area contributed by atoms with Crippen molar-refractivity contribution in [3.05, 3.63) is 0 Å². The van der Waals surface area contributed by atoms with Gasteiger partial charge in [0.2, 0.25) is 0 Å². The molecule has 0 aromatic heterocycles. The van der Waals surface area contributed by atoms with Crippen LogP contribution in [0.4, 0.5) is 0 Å². The molecule has 72 valence electrons. The Labute approximate surface area is 72.8 Å². The minimum Gasteiger partial charge on any atom is -0.462 e. The summed E-state index contributed by atoms with van der Waals surface area (Å²) in [5.74, 6) is -1.75. The van der Waals surface area contributed by atoms with E-state index in [0.717, 1.165) is 0 Å². The summed E-state index contributed by atoms with van der Waals surface area (Å²) in [6.07, 6.45) is 0. The Morgan fingerprint density at radius 1 is 1.33 bits per heavy atom. The Balaban J connectivity index is 4.18. The number of hydrogen-bond acceptors (Lipinski definition) is 4. The molecule has 0 bridgehead atoms. The van der Waals surface area contributed by atoms with E-state index in [9.17, 15) is 4.79 Å². The summed E-state index contributed by atoms with van der Waals surface area (Å²) in [6, 6.07) is 0. The van der Waals surface area contributed by atoms with Crippen molar-refractivity contribution in [3.63, 3.8) is 0 Å². The molecule has 0 fully saturated rings. The zero-order chi connectivity index (χ0) is 9.61. The minimum absolute atomic E-state index is 0.324. The molecule has 0 heterocycles. The Hall–Kier alpha value is -0.610. The van der Waals surface area contributed by atoms with Crippen LogP contribution < -0.4 is 0 Å². The van der Waals surface area contributed by atoms with Gasteiger partial charge in [-0.05, 0) is 13.8 Å². The predicted molar refractivity (Wildman–Crippen MR) is 43.7 cm³/mol. The maximum atomic E-state index is 11.2. The molecule has 4 heteroatoms. The third kappa shape index (κ3) is 2.79. The summed E-state index contributed by atoms with van der Waals surface area (Å²) in [7, 11) is 1.41. The van der Waals surface area contributed by atoms with Gasteiger partial charge < -0.3 is 14.2 Å². The molecule has 0 aromatic rings. The summed E-state index contributed by atoms with van der Waals surface area (Å²) >= 11 is 0. The second-order valence-corrected chi connectivity index (χ2v) is 2.30. The smallest absolute Gasteiger partial charge is 0.366 e. The fourth-order valence-electron chi connectivity index (χ4n) is 0.739. The van der Waals surface area contributed by atoms with E-state index in [1.807, 2.05) is 0 Å². The largest absolute Gasteiger partial charge is 0.462 e. The first-order valence-corrected chi connectivity index (χ1v) is 3.97. The van der Waals surface area contributed by atoms with E-state index >= 15 is 0 Å². The number of rotatable bonds is 5. The molecule has 0 amide bonds. The highest BCUT2D eigenvalue weighted by atomic mass is 16.7. The number of methoxy groups -OCH3 is 1. The molecule has 4 nitrogen and oxygen atoms in total. The summed E-state index contributed by atoms with van der Waals surface area (Å²) in [6.45, 7) is 5.79. The van der Waals surface area contributed by atoms with Gasteiger partial charge in [0.1, 0.15) is 0 Å². The van der Waals surface area contributed by atoms with E-state index in [4.69, 9.17) is 14.2 Å². The molecular formula is C8H16O4. The minimum atomic E-state index is -1.26. The third-order valence-corrected chi connectivity index (χ3v) is 1.46. The van der Waals surface area contributed by atoms with Crippen LogP contribution in [0.3, 0.4) is 0 Å².